The molecule has 51 heavy (non-hydrogen) atoms. The van der Waals surface area contributed by atoms with Gasteiger partial charge in [-0.15, -0.1) is 0 Å². The molecule has 1 aliphatic rings. The Labute approximate surface area is 294 Å². The minimum absolute atomic E-state index is 0.0725. The maximum Gasteiger partial charge on any atom is 0.255 e. The van der Waals surface area contributed by atoms with Gasteiger partial charge in [-0.05, 0) is 77.9 Å². The Bertz CT molecular complexity index is 2050. The average Bonchev–Trinajstić information content (AvgIpc) is 3.24. The van der Waals surface area contributed by atoms with Crippen LogP contribution < -0.4 is 30.9 Å². The van der Waals surface area contributed by atoms with Crippen LogP contribution in [0.15, 0.2) is 121 Å². The van der Waals surface area contributed by atoms with E-state index in [1.807, 2.05) is 0 Å². The first kappa shape index (κ1) is 34.5. The number of halogens is 1. The standard InChI is InChI=1S/C40H36FN5O5/c1-51-32-20-14-28(15-21-32)38(48)44-30-16-10-27(11-17-30)25-45-35-8-4-5-9-36(35)46(31-18-12-26(23-42)13-19-31)40(50)33(39(45)49)22-37(47)43-24-29-6-2-3-7-34(29)41/h2-21,33H,22-25,42H2,1H3,(H,43,47)(H,44,48). The fraction of sp³-hybridized carbons (Fsp3) is 0.150. The molecule has 0 saturated heterocycles. The number of nitrogens with one attached hydrogen (secondary N) is 2. The molecule has 0 radical (unpaired) electrons. The van der Waals surface area contributed by atoms with Crippen molar-refractivity contribution in [2.45, 2.75) is 26.1 Å². The van der Waals surface area contributed by atoms with E-state index in [1.54, 1.807) is 122 Å². The lowest BCUT2D eigenvalue weighted by Gasteiger charge is -2.26. The number of carbonyl (C=O) groups is 4. The summed E-state index contributed by atoms with van der Waals surface area (Å²) in [5, 5.41) is 5.54. The van der Waals surface area contributed by atoms with Crippen LogP contribution in [0, 0.1) is 11.7 Å². The number of fused-ring (bicyclic) bond motifs is 1. The van der Waals surface area contributed by atoms with E-state index in [-0.39, 0.29) is 24.6 Å². The molecule has 1 unspecified atom stereocenters. The van der Waals surface area contributed by atoms with Gasteiger partial charge in [0, 0.05) is 42.0 Å². The number of methoxy groups -OCH3 is 1. The quantitative estimate of drug-likeness (QED) is 0.144. The van der Waals surface area contributed by atoms with Crippen LogP contribution in [0.4, 0.5) is 27.1 Å². The second-order valence-corrected chi connectivity index (χ2v) is 12.0. The van der Waals surface area contributed by atoms with Crippen molar-refractivity contribution in [3.8, 4) is 5.75 Å². The molecule has 1 heterocycles. The molecule has 1 atom stereocenters. The Balaban J connectivity index is 1.29. The van der Waals surface area contributed by atoms with Crippen molar-refractivity contribution >= 4 is 46.4 Å². The summed E-state index contributed by atoms with van der Waals surface area (Å²) < 4.78 is 19.4. The van der Waals surface area contributed by atoms with Gasteiger partial charge in [0.15, 0.2) is 0 Å². The van der Waals surface area contributed by atoms with Gasteiger partial charge in [0.05, 0.1) is 25.0 Å². The molecule has 5 aromatic carbocycles. The topological polar surface area (TPSA) is 134 Å². The van der Waals surface area contributed by atoms with E-state index in [4.69, 9.17) is 10.5 Å². The molecular weight excluding hydrogens is 649 g/mol. The smallest absolute Gasteiger partial charge is 0.255 e. The summed E-state index contributed by atoms with van der Waals surface area (Å²) in [6, 6.07) is 34.0. The molecule has 4 N–H and O–H groups in total. The first-order chi connectivity index (χ1) is 24.7. The lowest BCUT2D eigenvalue weighted by molar-refractivity contribution is -0.136. The number of para-hydroxylation sites is 2. The number of benzene rings is 5. The van der Waals surface area contributed by atoms with Gasteiger partial charge in [-0.3, -0.25) is 24.1 Å². The fourth-order valence-corrected chi connectivity index (χ4v) is 5.87. The lowest BCUT2D eigenvalue weighted by atomic mass is 10.0. The molecule has 0 saturated carbocycles. The van der Waals surface area contributed by atoms with E-state index in [1.165, 1.54) is 15.9 Å². The number of hydrogen-bond acceptors (Lipinski definition) is 6. The summed E-state index contributed by atoms with van der Waals surface area (Å²) in [4.78, 5) is 57.9. The summed E-state index contributed by atoms with van der Waals surface area (Å²) in [6.45, 7) is 0.283. The Hall–Kier alpha value is -6.33. The van der Waals surface area contributed by atoms with Crippen LogP contribution in [-0.2, 0) is 34.0 Å². The Morgan fingerprint density at radius 3 is 2.10 bits per heavy atom. The van der Waals surface area contributed by atoms with Gasteiger partial charge in [0.1, 0.15) is 17.5 Å². The molecule has 0 aromatic heterocycles. The number of nitrogens with two attached hydrogens (primary N) is 1. The third kappa shape index (κ3) is 7.79. The molecule has 0 spiro atoms. The minimum Gasteiger partial charge on any atom is -0.497 e. The number of anilines is 4. The van der Waals surface area contributed by atoms with Crippen LogP contribution >= 0.6 is 0 Å². The minimum atomic E-state index is -1.39. The van der Waals surface area contributed by atoms with Crippen LogP contribution in [0.25, 0.3) is 0 Å². The Morgan fingerprint density at radius 2 is 1.43 bits per heavy atom. The number of carbonyl (C=O) groups excluding carboxylic acids is 4. The molecule has 0 bridgehead atoms. The van der Waals surface area contributed by atoms with Gasteiger partial charge in [-0.2, -0.15) is 0 Å². The highest BCUT2D eigenvalue weighted by atomic mass is 19.1. The Kier molecular flexibility index (Phi) is 10.5. The molecule has 0 aliphatic carbocycles. The summed E-state index contributed by atoms with van der Waals surface area (Å²) in [6.07, 6.45) is -0.454. The van der Waals surface area contributed by atoms with Crippen molar-refractivity contribution in [3.63, 3.8) is 0 Å². The third-order valence-electron chi connectivity index (χ3n) is 8.65. The largest absolute Gasteiger partial charge is 0.497 e. The van der Waals surface area contributed by atoms with E-state index < -0.39 is 35.9 Å². The van der Waals surface area contributed by atoms with Crippen molar-refractivity contribution in [1.82, 2.24) is 5.32 Å². The number of amides is 4. The molecule has 5 aromatic rings. The second kappa shape index (κ2) is 15.5. The maximum absolute atomic E-state index is 14.4. The number of rotatable bonds is 11. The zero-order valence-electron chi connectivity index (χ0n) is 27.8. The SMILES string of the molecule is COc1ccc(C(=O)Nc2ccc(CN3C(=O)C(CC(=O)NCc4ccccc4F)C(=O)N(c4ccc(CN)cc4)c4ccccc43)cc2)cc1. The predicted molar refractivity (Wildman–Crippen MR) is 193 cm³/mol. The summed E-state index contributed by atoms with van der Waals surface area (Å²) in [5.74, 6) is -3.24. The summed E-state index contributed by atoms with van der Waals surface area (Å²) in [5.41, 5.74) is 10.1. The van der Waals surface area contributed by atoms with Crippen molar-refractivity contribution in [2.24, 2.45) is 11.7 Å². The third-order valence-corrected chi connectivity index (χ3v) is 8.65. The second-order valence-electron chi connectivity index (χ2n) is 12.0. The highest BCUT2D eigenvalue weighted by Crippen LogP contribution is 2.40. The van der Waals surface area contributed by atoms with Crippen LogP contribution in [0.2, 0.25) is 0 Å². The van der Waals surface area contributed by atoms with Crippen molar-refractivity contribution in [1.29, 1.82) is 0 Å². The molecule has 6 rings (SSSR count). The van der Waals surface area contributed by atoms with Gasteiger partial charge in [-0.1, -0.05) is 54.6 Å². The monoisotopic (exact) mass is 685 g/mol. The Morgan fingerprint density at radius 1 is 0.784 bits per heavy atom. The molecular formula is C40H36FN5O5. The van der Waals surface area contributed by atoms with Crippen LogP contribution in [0.1, 0.15) is 33.5 Å². The van der Waals surface area contributed by atoms with Gasteiger partial charge >= 0.3 is 0 Å². The first-order valence-electron chi connectivity index (χ1n) is 16.3. The van der Waals surface area contributed by atoms with Gasteiger partial charge in [0.25, 0.3) is 5.91 Å². The number of nitrogens with zero attached hydrogens (tertiary/aromatic N) is 2. The van der Waals surface area contributed by atoms with Crippen molar-refractivity contribution in [2.75, 3.05) is 22.2 Å². The van der Waals surface area contributed by atoms with E-state index in [9.17, 15) is 23.6 Å². The summed E-state index contributed by atoms with van der Waals surface area (Å²) >= 11 is 0. The number of hydrogen-bond donors (Lipinski definition) is 3. The first-order valence-corrected chi connectivity index (χ1v) is 16.3. The van der Waals surface area contributed by atoms with Crippen LogP contribution in [0.5, 0.6) is 5.75 Å². The van der Waals surface area contributed by atoms with Crippen LogP contribution in [0.3, 0.4) is 0 Å². The molecule has 10 nitrogen and oxygen atoms in total. The highest BCUT2D eigenvalue weighted by Gasteiger charge is 2.42. The van der Waals surface area contributed by atoms with Crippen LogP contribution in [-0.4, -0.2) is 30.7 Å². The van der Waals surface area contributed by atoms with E-state index >= 15 is 0 Å². The molecule has 0 fully saturated rings. The van der Waals surface area contributed by atoms with Gasteiger partial charge in [-0.25, -0.2) is 4.39 Å². The molecule has 258 valence electrons. The van der Waals surface area contributed by atoms with E-state index in [0.717, 1.165) is 11.1 Å². The summed E-state index contributed by atoms with van der Waals surface area (Å²) in [7, 11) is 1.55. The zero-order valence-corrected chi connectivity index (χ0v) is 27.8. The average molecular weight is 686 g/mol. The van der Waals surface area contributed by atoms with E-state index in [2.05, 4.69) is 10.6 Å². The predicted octanol–water partition coefficient (Wildman–Crippen LogP) is 6.08. The van der Waals surface area contributed by atoms with Crippen molar-refractivity contribution < 1.29 is 28.3 Å². The maximum atomic E-state index is 14.4. The number of ether oxygens (including phenoxy) is 1. The fourth-order valence-electron chi connectivity index (χ4n) is 5.87. The van der Waals surface area contributed by atoms with Gasteiger partial charge in [0.2, 0.25) is 17.7 Å². The zero-order chi connectivity index (χ0) is 35.9. The normalized spacial score (nSPS) is 14.1. The highest BCUT2D eigenvalue weighted by molar-refractivity contribution is 6.21. The molecule has 11 heteroatoms. The van der Waals surface area contributed by atoms with Gasteiger partial charge < -0.3 is 26.0 Å². The van der Waals surface area contributed by atoms with E-state index in [0.29, 0.717) is 40.6 Å². The van der Waals surface area contributed by atoms with Crippen molar-refractivity contribution in [3.05, 3.63) is 149 Å². The molecule has 1 aliphatic heterocycles. The molecule has 4 amide bonds. The lowest BCUT2D eigenvalue weighted by Crippen LogP contribution is -2.43.